The lowest BCUT2D eigenvalue weighted by Crippen LogP contribution is -1.96. The molecule has 0 aliphatic heterocycles. The van der Waals surface area contributed by atoms with Crippen molar-refractivity contribution in [3.05, 3.63) is 22.2 Å². The minimum absolute atomic E-state index is 0.0137. The van der Waals surface area contributed by atoms with Crippen molar-refractivity contribution < 1.29 is 9.90 Å². The summed E-state index contributed by atoms with van der Waals surface area (Å²) in [6, 6.07) is 2.91. The second kappa shape index (κ2) is 3.15. The van der Waals surface area contributed by atoms with Crippen LogP contribution in [0.25, 0.3) is 0 Å². The number of carbonyl (C=O) groups is 1. The van der Waals surface area contributed by atoms with Gasteiger partial charge in [-0.2, -0.15) is 0 Å². The molecule has 0 spiro atoms. The molecule has 0 fully saturated rings. The van der Waals surface area contributed by atoms with E-state index in [-0.39, 0.29) is 11.5 Å². The van der Waals surface area contributed by atoms with Gasteiger partial charge in [0.2, 0.25) is 0 Å². The van der Waals surface area contributed by atoms with Gasteiger partial charge >= 0.3 is 0 Å². The van der Waals surface area contributed by atoms with Crippen LogP contribution in [0.2, 0.25) is 0 Å². The Hall–Kier alpha value is -1.03. The van der Waals surface area contributed by atoms with Gasteiger partial charge in [0.15, 0.2) is 5.78 Å². The molecule has 0 heterocycles. The van der Waals surface area contributed by atoms with Crippen LogP contribution in [0.4, 0.5) is 5.69 Å². The summed E-state index contributed by atoms with van der Waals surface area (Å²) < 4.78 is 0.393. The van der Waals surface area contributed by atoms with Crippen molar-refractivity contribution in [3.8, 4) is 5.75 Å². The number of nitrogen functional groups attached to an aromatic ring is 1. The van der Waals surface area contributed by atoms with Gasteiger partial charge in [0.1, 0.15) is 5.75 Å². The molecular weight excluding hydrogens is 222 g/mol. The van der Waals surface area contributed by atoms with Gasteiger partial charge in [0, 0.05) is 17.3 Å². The van der Waals surface area contributed by atoms with Gasteiger partial charge in [0.25, 0.3) is 0 Å². The fourth-order valence-electron chi connectivity index (χ4n) is 0.887. The van der Waals surface area contributed by atoms with Gasteiger partial charge in [-0.25, -0.2) is 0 Å². The number of Topliss-reactive ketones (excluding diaryl/α,β-unsaturated/α-hetero) is 1. The van der Waals surface area contributed by atoms with Crippen LogP contribution in [0, 0.1) is 0 Å². The van der Waals surface area contributed by atoms with E-state index in [1.165, 1.54) is 19.1 Å². The molecule has 0 saturated carbocycles. The summed E-state index contributed by atoms with van der Waals surface area (Å²) in [5.74, 6) is -0.148. The first kappa shape index (κ1) is 9.06. The number of phenols is 1. The highest BCUT2D eigenvalue weighted by atomic mass is 79.9. The molecule has 0 saturated heterocycles. The summed E-state index contributed by atoms with van der Waals surface area (Å²) >= 11 is 3.09. The van der Waals surface area contributed by atoms with Crippen molar-refractivity contribution >= 4 is 27.4 Å². The van der Waals surface area contributed by atoms with Crippen LogP contribution in [-0.4, -0.2) is 10.9 Å². The molecule has 1 aromatic rings. The number of halogens is 1. The molecular formula is C8H8BrNO2. The Morgan fingerprint density at radius 3 is 2.67 bits per heavy atom. The highest BCUT2D eigenvalue weighted by molar-refractivity contribution is 9.10. The molecule has 12 heavy (non-hydrogen) atoms. The van der Waals surface area contributed by atoms with E-state index in [0.29, 0.717) is 15.7 Å². The highest BCUT2D eigenvalue weighted by Crippen LogP contribution is 2.30. The van der Waals surface area contributed by atoms with Crippen molar-refractivity contribution in [2.45, 2.75) is 6.92 Å². The lowest BCUT2D eigenvalue weighted by Gasteiger charge is -2.03. The maximum atomic E-state index is 11.0. The van der Waals surface area contributed by atoms with E-state index >= 15 is 0 Å². The Bertz CT molecular complexity index is 336. The van der Waals surface area contributed by atoms with E-state index in [4.69, 9.17) is 5.73 Å². The summed E-state index contributed by atoms with van der Waals surface area (Å²) in [5.41, 5.74) is 6.20. The minimum atomic E-state index is -0.135. The standard InChI is InChI=1S/C8H8BrNO2/c1-4(11)6-2-5(10)3-7(12)8(6)9/h2-3,12H,10H2,1H3. The van der Waals surface area contributed by atoms with Crippen LogP contribution >= 0.6 is 15.9 Å². The summed E-state index contributed by atoms with van der Waals surface area (Å²) in [5, 5.41) is 9.25. The van der Waals surface area contributed by atoms with Crippen LogP contribution in [-0.2, 0) is 0 Å². The van der Waals surface area contributed by atoms with Gasteiger partial charge in [-0.1, -0.05) is 0 Å². The van der Waals surface area contributed by atoms with E-state index in [2.05, 4.69) is 15.9 Å². The number of phenolic OH excluding ortho intramolecular Hbond substituents is 1. The summed E-state index contributed by atoms with van der Waals surface area (Å²) in [6.45, 7) is 1.42. The zero-order chi connectivity index (χ0) is 9.30. The SMILES string of the molecule is CC(=O)c1cc(N)cc(O)c1Br. The molecule has 3 N–H and O–H groups in total. The third kappa shape index (κ3) is 1.58. The molecule has 64 valence electrons. The van der Waals surface area contributed by atoms with Crippen molar-refractivity contribution in [3.63, 3.8) is 0 Å². The predicted molar refractivity (Wildman–Crippen MR) is 50.2 cm³/mol. The van der Waals surface area contributed by atoms with E-state index < -0.39 is 0 Å². The molecule has 4 heteroatoms. The van der Waals surface area contributed by atoms with Crippen LogP contribution in [0.3, 0.4) is 0 Å². The average molecular weight is 230 g/mol. The third-order valence-electron chi connectivity index (χ3n) is 1.46. The molecule has 0 radical (unpaired) electrons. The van der Waals surface area contributed by atoms with Gasteiger partial charge in [-0.15, -0.1) is 0 Å². The van der Waals surface area contributed by atoms with E-state index in [9.17, 15) is 9.90 Å². The van der Waals surface area contributed by atoms with Crippen LogP contribution < -0.4 is 5.73 Å². The highest BCUT2D eigenvalue weighted by Gasteiger charge is 2.09. The van der Waals surface area contributed by atoms with Gasteiger partial charge < -0.3 is 10.8 Å². The third-order valence-corrected chi connectivity index (χ3v) is 2.29. The number of carbonyl (C=O) groups excluding carboxylic acids is 1. The lowest BCUT2D eigenvalue weighted by atomic mass is 10.1. The van der Waals surface area contributed by atoms with Crippen LogP contribution in [0.5, 0.6) is 5.75 Å². The van der Waals surface area contributed by atoms with Gasteiger partial charge in [-0.05, 0) is 28.9 Å². The molecule has 0 aliphatic carbocycles. The van der Waals surface area contributed by atoms with E-state index in [0.717, 1.165) is 0 Å². The number of hydrogen-bond donors (Lipinski definition) is 2. The predicted octanol–water partition coefficient (Wildman–Crippen LogP) is 1.94. The van der Waals surface area contributed by atoms with Crippen molar-refractivity contribution in [2.75, 3.05) is 5.73 Å². The monoisotopic (exact) mass is 229 g/mol. The Labute approximate surface area is 78.3 Å². The second-order valence-corrected chi connectivity index (χ2v) is 3.25. The minimum Gasteiger partial charge on any atom is -0.507 e. The molecule has 0 atom stereocenters. The number of benzene rings is 1. The molecule has 0 bridgehead atoms. The fourth-order valence-corrected chi connectivity index (χ4v) is 1.40. The summed E-state index contributed by atoms with van der Waals surface area (Å²) in [4.78, 5) is 11.0. The van der Waals surface area contributed by atoms with Crippen molar-refractivity contribution in [1.29, 1.82) is 0 Å². The quantitative estimate of drug-likeness (QED) is 0.572. The molecule has 1 aromatic carbocycles. The maximum absolute atomic E-state index is 11.0. The maximum Gasteiger partial charge on any atom is 0.161 e. The van der Waals surface area contributed by atoms with Crippen molar-refractivity contribution in [2.24, 2.45) is 0 Å². The Morgan fingerprint density at radius 2 is 2.17 bits per heavy atom. The first-order chi connectivity index (χ1) is 5.52. The fraction of sp³-hybridized carbons (Fsp3) is 0.125. The topological polar surface area (TPSA) is 63.3 Å². The molecule has 0 aromatic heterocycles. The lowest BCUT2D eigenvalue weighted by molar-refractivity contribution is 0.101. The largest absolute Gasteiger partial charge is 0.507 e. The Balaban J connectivity index is 3.37. The number of ketones is 1. The molecule has 3 nitrogen and oxygen atoms in total. The Morgan fingerprint density at radius 1 is 1.58 bits per heavy atom. The smallest absolute Gasteiger partial charge is 0.161 e. The molecule has 0 unspecified atom stereocenters. The van der Waals surface area contributed by atoms with E-state index in [1.54, 1.807) is 0 Å². The second-order valence-electron chi connectivity index (χ2n) is 2.46. The molecule has 1 rings (SSSR count). The average Bonchev–Trinajstić information content (AvgIpc) is 1.96. The Kier molecular flexibility index (Phi) is 2.38. The first-order valence-electron chi connectivity index (χ1n) is 3.31. The van der Waals surface area contributed by atoms with Gasteiger partial charge in [0.05, 0.1) is 4.47 Å². The van der Waals surface area contributed by atoms with E-state index in [1.807, 2.05) is 0 Å². The van der Waals surface area contributed by atoms with Crippen LogP contribution in [0.1, 0.15) is 17.3 Å². The van der Waals surface area contributed by atoms with Crippen molar-refractivity contribution in [1.82, 2.24) is 0 Å². The molecule has 0 aliphatic rings. The number of nitrogens with two attached hydrogens (primary N) is 1. The summed E-state index contributed by atoms with van der Waals surface area (Å²) in [7, 11) is 0. The zero-order valence-corrected chi connectivity index (χ0v) is 8.05. The molecule has 0 amide bonds. The van der Waals surface area contributed by atoms with Gasteiger partial charge in [-0.3, -0.25) is 4.79 Å². The first-order valence-corrected chi connectivity index (χ1v) is 4.10. The number of anilines is 1. The zero-order valence-electron chi connectivity index (χ0n) is 6.47. The normalized spacial score (nSPS) is 9.83. The summed E-state index contributed by atoms with van der Waals surface area (Å²) in [6.07, 6.45) is 0. The number of aromatic hydroxyl groups is 1. The van der Waals surface area contributed by atoms with Crippen LogP contribution in [0.15, 0.2) is 16.6 Å². The number of rotatable bonds is 1. The number of hydrogen-bond acceptors (Lipinski definition) is 3.